The van der Waals surface area contributed by atoms with Gasteiger partial charge in [-0.1, -0.05) is 25.4 Å². The Morgan fingerprint density at radius 3 is 2.46 bits per heavy atom. The number of nitrogens with zero attached hydrogens (tertiary/aromatic N) is 2. The van der Waals surface area contributed by atoms with E-state index in [0.717, 1.165) is 17.8 Å². The largest absolute Gasteiger partial charge is 0.253 e. The summed E-state index contributed by atoms with van der Waals surface area (Å²) < 4.78 is 1.82. The molecule has 0 saturated heterocycles. The van der Waals surface area contributed by atoms with Crippen molar-refractivity contribution in [1.29, 1.82) is 0 Å². The van der Waals surface area contributed by atoms with E-state index in [1.165, 1.54) is 0 Å². The van der Waals surface area contributed by atoms with Crippen molar-refractivity contribution in [1.82, 2.24) is 9.78 Å². The molecule has 1 rings (SSSR count). The van der Waals surface area contributed by atoms with E-state index in [4.69, 9.17) is 23.2 Å². The van der Waals surface area contributed by atoms with E-state index in [2.05, 4.69) is 18.9 Å². The van der Waals surface area contributed by atoms with Crippen LogP contribution in [-0.2, 0) is 12.4 Å². The van der Waals surface area contributed by atoms with Gasteiger partial charge in [0.15, 0.2) is 0 Å². The van der Waals surface area contributed by atoms with Gasteiger partial charge in [-0.25, -0.2) is 0 Å². The molecule has 0 radical (unpaired) electrons. The molecule has 0 unspecified atom stereocenters. The fraction of sp³-hybridized carbons (Fsp3) is 0.667. The second-order valence-corrected chi connectivity index (χ2v) is 4.19. The average Bonchev–Trinajstić information content (AvgIpc) is 2.26. The molecule has 1 aromatic heterocycles. The highest BCUT2D eigenvalue weighted by molar-refractivity contribution is 6.31. The molecular weight excluding hydrogens is 207 g/mol. The summed E-state index contributed by atoms with van der Waals surface area (Å²) in [5.74, 6) is 0.975. The van der Waals surface area contributed by atoms with Crippen LogP contribution >= 0.6 is 23.2 Å². The molecule has 0 N–H and O–H groups in total. The monoisotopic (exact) mass is 220 g/mol. The summed E-state index contributed by atoms with van der Waals surface area (Å²) in [6.07, 6.45) is 0. The molecule has 0 fully saturated rings. The Labute approximate surface area is 88.8 Å². The van der Waals surface area contributed by atoms with Crippen LogP contribution in [0.2, 0.25) is 5.15 Å². The Hall–Kier alpha value is -0.210. The molecule has 0 bridgehead atoms. The normalized spacial score (nSPS) is 11.2. The molecule has 0 aliphatic heterocycles. The number of hydrogen-bond donors (Lipinski definition) is 0. The summed E-state index contributed by atoms with van der Waals surface area (Å²) >= 11 is 11.8. The van der Waals surface area contributed by atoms with Crippen molar-refractivity contribution in [3.8, 4) is 0 Å². The summed E-state index contributed by atoms with van der Waals surface area (Å²) in [5.41, 5.74) is 1.88. The van der Waals surface area contributed by atoms with Gasteiger partial charge in [0.05, 0.1) is 11.6 Å². The summed E-state index contributed by atoms with van der Waals surface area (Å²) in [6.45, 7) is 7.04. The number of alkyl halides is 1. The quantitative estimate of drug-likeness (QED) is 0.716. The fourth-order valence-corrected chi connectivity index (χ4v) is 1.91. The molecule has 1 aromatic rings. The van der Waals surface area contributed by atoms with Crippen molar-refractivity contribution in [2.24, 2.45) is 5.92 Å². The van der Waals surface area contributed by atoms with Gasteiger partial charge in [-0.05, 0) is 12.8 Å². The Morgan fingerprint density at radius 2 is 2.08 bits per heavy atom. The van der Waals surface area contributed by atoms with Crippen molar-refractivity contribution in [3.05, 3.63) is 16.4 Å². The predicted octanol–water partition coefficient (Wildman–Crippen LogP) is 3.24. The molecule has 0 spiro atoms. The van der Waals surface area contributed by atoms with Gasteiger partial charge in [0.1, 0.15) is 5.15 Å². The highest BCUT2D eigenvalue weighted by atomic mass is 35.5. The molecule has 74 valence electrons. The zero-order valence-electron chi connectivity index (χ0n) is 8.14. The summed E-state index contributed by atoms with van der Waals surface area (Å²) in [6, 6.07) is 0. The summed E-state index contributed by atoms with van der Waals surface area (Å²) in [5, 5.41) is 5.00. The van der Waals surface area contributed by atoms with Gasteiger partial charge in [-0.3, -0.25) is 4.68 Å². The van der Waals surface area contributed by atoms with Crippen LogP contribution in [0.4, 0.5) is 0 Å². The number of halogens is 2. The lowest BCUT2D eigenvalue weighted by Gasteiger charge is -2.05. The van der Waals surface area contributed by atoms with Crippen molar-refractivity contribution in [2.45, 2.75) is 33.2 Å². The van der Waals surface area contributed by atoms with Crippen LogP contribution < -0.4 is 0 Å². The van der Waals surface area contributed by atoms with Gasteiger partial charge in [0.25, 0.3) is 0 Å². The minimum absolute atomic E-state index is 0.433. The highest BCUT2D eigenvalue weighted by Crippen LogP contribution is 2.22. The third-order valence-corrected chi connectivity index (χ3v) is 2.55. The van der Waals surface area contributed by atoms with Crippen LogP contribution in [0.1, 0.15) is 25.1 Å². The SMILES string of the molecule is Cc1nn(CC(C)C)c(Cl)c1CCl. The van der Waals surface area contributed by atoms with Gasteiger partial charge in [0.2, 0.25) is 0 Å². The van der Waals surface area contributed by atoms with Gasteiger partial charge in [-0.2, -0.15) is 5.10 Å². The lowest BCUT2D eigenvalue weighted by molar-refractivity contribution is 0.481. The molecule has 13 heavy (non-hydrogen) atoms. The topological polar surface area (TPSA) is 17.8 Å². The minimum Gasteiger partial charge on any atom is -0.253 e. The van der Waals surface area contributed by atoms with E-state index in [-0.39, 0.29) is 0 Å². The Kier molecular flexibility index (Phi) is 3.63. The van der Waals surface area contributed by atoms with Gasteiger partial charge in [0, 0.05) is 12.1 Å². The smallest absolute Gasteiger partial charge is 0.131 e. The first-order valence-electron chi connectivity index (χ1n) is 4.34. The molecule has 1 heterocycles. The molecule has 0 saturated carbocycles. The van der Waals surface area contributed by atoms with Crippen LogP contribution in [0, 0.1) is 12.8 Å². The first-order chi connectivity index (χ1) is 6.06. The van der Waals surface area contributed by atoms with Gasteiger partial charge in [-0.15, -0.1) is 11.6 Å². The molecule has 0 aromatic carbocycles. The second kappa shape index (κ2) is 4.34. The zero-order valence-corrected chi connectivity index (χ0v) is 9.65. The van der Waals surface area contributed by atoms with Crippen molar-refractivity contribution in [3.63, 3.8) is 0 Å². The standard InChI is InChI=1S/C9H14Cl2N2/c1-6(2)5-13-9(11)8(4-10)7(3)12-13/h6H,4-5H2,1-3H3. The van der Waals surface area contributed by atoms with E-state index in [1.807, 2.05) is 11.6 Å². The van der Waals surface area contributed by atoms with Gasteiger partial charge >= 0.3 is 0 Å². The molecule has 0 aliphatic carbocycles. The Bertz CT molecular complexity index is 292. The first kappa shape index (κ1) is 10.9. The maximum atomic E-state index is 6.09. The van der Waals surface area contributed by atoms with Crippen LogP contribution in [0.15, 0.2) is 0 Å². The summed E-state index contributed by atoms with van der Waals surface area (Å²) in [4.78, 5) is 0. The number of rotatable bonds is 3. The van der Waals surface area contributed by atoms with Crippen molar-refractivity contribution >= 4 is 23.2 Å². The Balaban J connectivity index is 2.96. The predicted molar refractivity (Wildman–Crippen MR) is 56.4 cm³/mol. The molecule has 0 atom stereocenters. The molecule has 0 aliphatic rings. The van der Waals surface area contributed by atoms with Crippen LogP contribution in [0.3, 0.4) is 0 Å². The molecule has 2 nitrogen and oxygen atoms in total. The lowest BCUT2D eigenvalue weighted by Crippen LogP contribution is -2.06. The maximum Gasteiger partial charge on any atom is 0.131 e. The van der Waals surface area contributed by atoms with Gasteiger partial charge < -0.3 is 0 Å². The summed E-state index contributed by atoms with van der Waals surface area (Å²) in [7, 11) is 0. The Morgan fingerprint density at radius 1 is 1.46 bits per heavy atom. The van der Waals surface area contributed by atoms with Crippen LogP contribution in [0.25, 0.3) is 0 Å². The van der Waals surface area contributed by atoms with E-state index in [1.54, 1.807) is 0 Å². The lowest BCUT2D eigenvalue weighted by atomic mass is 10.2. The van der Waals surface area contributed by atoms with Crippen LogP contribution in [-0.4, -0.2) is 9.78 Å². The third kappa shape index (κ3) is 2.38. The number of aryl methyl sites for hydroxylation is 1. The number of aromatic nitrogens is 2. The maximum absolute atomic E-state index is 6.09. The highest BCUT2D eigenvalue weighted by Gasteiger charge is 2.12. The van der Waals surface area contributed by atoms with E-state index in [0.29, 0.717) is 17.0 Å². The molecule has 4 heteroatoms. The van der Waals surface area contributed by atoms with Crippen LogP contribution in [0.5, 0.6) is 0 Å². The van der Waals surface area contributed by atoms with E-state index >= 15 is 0 Å². The van der Waals surface area contributed by atoms with E-state index in [9.17, 15) is 0 Å². The average molecular weight is 221 g/mol. The minimum atomic E-state index is 0.433. The number of hydrogen-bond acceptors (Lipinski definition) is 1. The second-order valence-electron chi connectivity index (χ2n) is 3.56. The fourth-order valence-electron chi connectivity index (χ4n) is 1.21. The molecule has 0 amide bonds. The molecular formula is C9H14Cl2N2. The zero-order chi connectivity index (χ0) is 10.0. The van der Waals surface area contributed by atoms with Crippen molar-refractivity contribution < 1.29 is 0 Å². The van der Waals surface area contributed by atoms with E-state index < -0.39 is 0 Å². The third-order valence-electron chi connectivity index (χ3n) is 1.85. The van der Waals surface area contributed by atoms with Crippen molar-refractivity contribution in [2.75, 3.05) is 0 Å². The first-order valence-corrected chi connectivity index (χ1v) is 5.25.